The van der Waals surface area contributed by atoms with E-state index in [2.05, 4.69) is 11.6 Å². The molecular formula is C16H19NO4. The first-order valence-electron chi connectivity index (χ1n) is 6.75. The highest BCUT2D eigenvalue weighted by Crippen LogP contribution is 2.63. The molecule has 1 fully saturated rings. The van der Waals surface area contributed by atoms with Crippen molar-refractivity contribution >= 4 is 11.9 Å². The highest BCUT2D eigenvalue weighted by atomic mass is 16.6. The summed E-state index contributed by atoms with van der Waals surface area (Å²) in [5.74, 6) is -2.06. The van der Waals surface area contributed by atoms with E-state index in [1.165, 1.54) is 0 Å². The molecule has 1 aromatic rings. The van der Waals surface area contributed by atoms with Crippen LogP contribution in [0.25, 0.3) is 0 Å². The van der Waals surface area contributed by atoms with E-state index in [0.717, 1.165) is 0 Å². The molecule has 5 heteroatoms. The number of carboxylic acids is 1. The van der Waals surface area contributed by atoms with Crippen LogP contribution in [0, 0.1) is 5.41 Å². The number of hydrogen-bond donors (Lipinski definition) is 1. The Hall–Kier alpha value is -2.17. The fraction of sp³-hybridized carbons (Fsp3) is 0.438. The van der Waals surface area contributed by atoms with Gasteiger partial charge in [-0.1, -0.05) is 12.6 Å². The lowest BCUT2D eigenvalue weighted by atomic mass is 9.92. The topological polar surface area (TPSA) is 76.5 Å². The van der Waals surface area contributed by atoms with Crippen LogP contribution in [0.4, 0.5) is 0 Å². The van der Waals surface area contributed by atoms with Crippen LogP contribution < -0.4 is 0 Å². The Balaban J connectivity index is 2.24. The van der Waals surface area contributed by atoms with Gasteiger partial charge in [0.1, 0.15) is 11.0 Å². The average Bonchev–Trinajstić information content (AvgIpc) is 3.13. The summed E-state index contributed by atoms with van der Waals surface area (Å²) in [6.07, 6.45) is 1.92. The minimum absolute atomic E-state index is 0.0134. The molecule has 1 aromatic heterocycles. The third-order valence-electron chi connectivity index (χ3n) is 3.57. The number of carboxylic acid groups (broad SMARTS) is 1. The van der Waals surface area contributed by atoms with E-state index in [1.54, 1.807) is 45.2 Å². The molecule has 0 aliphatic heterocycles. The standard InChI is InChI=1S/C16H19NO4/c1-10(13(18)21-15(2,3)4)16(14(19)20)9-11(16)12-7-5-6-8-17-12/h5-8,11H,1,9H2,2-4H3,(H,19,20). The first-order chi connectivity index (χ1) is 9.68. The zero-order valence-electron chi connectivity index (χ0n) is 12.4. The number of pyridine rings is 1. The molecule has 5 nitrogen and oxygen atoms in total. The second-order valence-electron chi connectivity index (χ2n) is 6.27. The number of carbonyl (C=O) groups is 2. The Bertz CT molecular complexity index is 588. The monoisotopic (exact) mass is 289 g/mol. The fourth-order valence-electron chi connectivity index (χ4n) is 2.42. The van der Waals surface area contributed by atoms with Crippen molar-refractivity contribution in [2.75, 3.05) is 0 Å². The van der Waals surface area contributed by atoms with Crippen LogP contribution in [-0.2, 0) is 14.3 Å². The summed E-state index contributed by atoms with van der Waals surface area (Å²) in [4.78, 5) is 28.0. The third kappa shape index (κ3) is 2.82. The SMILES string of the molecule is C=C(C(=O)OC(C)(C)C)C1(C(=O)O)CC1c1ccccn1. The van der Waals surface area contributed by atoms with E-state index in [1.807, 2.05) is 0 Å². The quantitative estimate of drug-likeness (QED) is 0.681. The van der Waals surface area contributed by atoms with Crippen molar-refractivity contribution in [1.29, 1.82) is 0 Å². The van der Waals surface area contributed by atoms with Crippen LogP contribution >= 0.6 is 0 Å². The Labute approximate surface area is 123 Å². The summed E-state index contributed by atoms with van der Waals surface area (Å²) in [5, 5.41) is 9.56. The van der Waals surface area contributed by atoms with E-state index < -0.39 is 23.0 Å². The summed E-state index contributed by atoms with van der Waals surface area (Å²) in [6, 6.07) is 5.32. The van der Waals surface area contributed by atoms with Gasteiger partial charge in [0.25, 0.3) is 0 Å². The molecule has 0 saturated heterocycles. The largest absolute Gasteiger partial charge is 0.481 e. The van der Waals surface area contributed by atoms with Gasteiger partial charge in [-0.15, -0.1) is 0 Å². The van der Waals surface area contributed by atoms with Crippen LogP contribution in [0.1, 0.15) is 38.8 Å². The van der Waals surface area contributed by atoms with Gasteiger partial charge < -0.3 is 9.84 Å². The first-order valence-corrected chi connectivity index (χ1v) is 6.75. The second kappa shape index (κ2) is 4.98. The molecule has 1 heterocycles. The van der Waals surface area contributed by atoms with Gasteiger partial charge >= 0.3 is 11.9 Å². The first kappa shape index (κ1) is 15.2. The lowest BCUT2D eigenvalue weighted by Gasteiger charge is -2.22. The maximum absolute atomic E-state index is 12.1. The van der Waals surface area contributed by atoms with Crippen molar-refractivity contribution in [3.63, 3.8) is 0 Å². The van der Waals surface area contributed by atoms with E-state index in [-0.39, 0.29) is 11.5 Å². The van der Waals surface area contributed by atoms with Gasteiger partial charge in [0.05, 0.1) is 0 Å². The predicted octanol–water partition coefficient (Wildman–Crippen LogP) is 2.54. The molecule has 21 heavy (non-hydrogen) atoms. The summed E-state index contributed by atoms with van der Waals surface area (Å²) >= 11 is 0. The molecule has 112 valence electrons. The van der Waals surface area contributed by atoms with Crippen molar-refractivity contribution in [2.45, 2.75) is 38.7 Å². The van der Waals surface area contributed by atoms with E-state index in [9.17, 15) is 14.7 Å². The van der Waals surface area contributed by atoms with Gasteiger partial charge in [0.15, 0.2) is 0 Å². The number of rotatable bonds is 4. The van der Waals surface area contributed by atoms with Gasteiger partial charge in [-0.3, -0.25) is 9.78 Å². The molecular weight excluding hydrogens is 270 g/mol. The molecule has 1 aliphatic carbocycles. The van der Waals surface area contributed by atoms with Crippen LogP contribution in [0.2, 0.25) is 0 Å². The summed E-state index contributed by atoms with van der Waals surface area (Å²) in [5.41, 5.74) is -1.34. The van der Waals surface area contributed by atoms with Crippen LogP contribution in [0.5, 0.6) is 0 Å². The number of nitrogens with zero attached hydrogens (tertiary/aromatic N) is 1. The molecule has 0 bridgehead atoms. The highest BCUT2D eigenvalue weighted by Gasteiger charge is 2.65. The second-order valence-corrected chi connectivity index (χ2v) is 6.27. The van der Waals surface area contributed by atoms with Crippen molar-refractivity contribution < 1.29 is 19.4 Å². The molecule has 2 unspecified atom stereocenters. The van der Waals surface area contributed by atoms with Gasteiger partial charge in [-0.25, -0.2) is 4.79 Å². The molecule has 1 saturated carbocycles. The number of esters is 1. The van der Waals surface area contributed by atoms with E-state index in [0.29, 0.717) is 12.1 Å². The van der Waals surface area contributed by atoms with Crippen LogP contribution in [0.3, 0.4) is 0 Å². The summed E-state index contributed by atoms with van der Waals surface area (Å²) < 4.78 is 5.24. The maximum Gasteiger partial charge on any atom is 0.335 e. The summed E-state index contributed by atoms with van der Waals surface area (Å²) in [7, 11) is 0. The minimum Gasteiger partial charge on any atom is -0.481 e. The van der Waals surface area contributed by atoms with Crippen molar-refractivity contribution in [3.8, 4) is 0 Å². The smallest absolute Gasteiger partial charge is 0.335 e. The highest BCUT2D eigenvalue weighted by molar-refractivity contribution is 6.00. The van der Waals surface area contributed by atoms with Crippen molar-refractivity contribution in [1.82, 2.24) is 4.98 Å². The Morgan fingerprint density at radius 1 is 1.43 bits per heavy atom. The minimum atomic E-state index is -1.29. The number of aliphatic carboxylic acids is 1. The normalized spacial score (nSPS) is 24.2. The average molecular weight is 289 g/mol. The van der Waals surface area contributed by atoms with Crippen molar-refractivity contribution in [2.24, 2.45) is 5.41 Å². The molecule has 1 N–H and O–H groups in total. The summed E-state index contributed by atoms with van der Waals surface area (Å²) in [6.45, 7) is 8.88. The Kier molecular flexibility index (Phi) is 3.61. The van der Waals surface area contributed by atoms with Gasteiger partial charge in [-0.05, 0) is 39.3 Å². The third-order valence-corrected chi connectivity index (χ3v) is 3.57. The lowest BCUT2D eigenvalue weighted by molar-refractivity contribution is -0.154. The Morgan fingerprint density at radius 3 is 2.57 bits per heavy atom. The zero-order chi connectivity index (χ0) is 15.8. The zero-order valence-corrected chi connectivity index (χ0v) is 12.4. The maximum atomic E-state index is 12.1. The van der Waals surface area contributed by atoms with Gasteiger partial charge in [0.2, 0.25) is 0 Å². The molecule has 0 radical (unpaired) electrons. The van der Waals surface area contributed by atoms with E-state index >= 15 is 0 Å². The number of hydrogen-bond acceptors (Lipinski definition) is 4. The van der Waals surface area contributed by atoms with Crippen molar-refractivity contribution in [3.05, 3.63) is 42.2 Å². The fourth-order valence-corrected chi connectivity index (χ4v) is 2.42. The molecule has 0 aromatic carbocycles. The molecule has 0 spiro atoms. The van der Waals surface area contributed by atoms with Crippen LogP contribution in [-0.4, -0.2) is 27.6 Å². The molecule has 2 atom stereocenters. The van der Waals surface area contributed by atoms with Gasteiger partial charge in [0, 0.05) is 23.4 Å². The van der Waals surface area contributed by atoms with Crippen LogP contribution in [0.15, 0.2) is 36.5 Å². The molecule has 0 amide bonds. The Morgan fingerprint density at radius 2 is 2.10 bits per heavy atom. The van der Waals surface area contributed by atoms with E-state index in [4.69, 9.17) is 4.74 Å². The molecule has 1 aliphatic rings. The number of aromatic nitrogens is 1. The number of ether oxygens (including phenoxy) is 1. The number of carbonyl (C=O) groups excluding carboxylic acids is 1. The lowest BCUT2D eigenvalue weighted by Crippen LogP contribution is -2.31. The van der Waals surface area contributed by atoms with Gasteiger partial charge in [-0.2, -0.15) is 0 Å². The predicted molar refractivity (Wildman–Crippen MR) is 76.6 cm³/mol. The molecule has 2 rings (SSSR count).